The molecule has 3 N–H and O–H groups in total. The van der Waals surface area contributed by atoms with Crippen LogP contribution in [0, 0.1) is 0 Å². The molecule has 0 saturated heterocycles. The van der Waals surface area contributed by atoms with Gasteiger partial charge in [0.15, 0.2) is 0 Å². The van der Waals surface area contributed by atoms with Gasteiger partial charge < -0.3 is 20.5 Å². The Labute approximate surface area is 124 Å². The Kier molecular flexibility index (Phi) is 7.89. The van der Waals surface area contributed by atoms with Gasteiger partial charge in [-0.3, -0.25) is 0 Å². The van der Waals surface area contributed by atoms with Crippen molar-refractivity contribution in [3.05, 3.63) is 35.4 Å². The number of rotatable bonds is 9. The Hall–Kier alpha value is -2.08. The van der Waals surface area contributed by atoms with Gasteiger partial charge in [0.1, 0.15) is 0 Å². The van der Waals surface area contributed by atoms with Crippen LogP contribution in [0.2, 0.25) is 0 Å². The fourth-order valence-corrected chi connectivity index (χ4v) is 1.84. The zero-order valence-corrected chi connectivity index (χ0v) is 12.2. The summed E-state index contributed by atoms with van der Waals surface area (Å²) in [6, 6.07) is 6.54. The van der Waals surface area contributed by atoms with Crippen molar-refractivity contribution in [1.82, 2.24) is 10.6 Å². The van der Waals surface area contributed by atoms with Gasteiger partial charge in [-0.1, -0.05) is 18.2 Å². The van der Waals surface area contributed by atoms with E-state index in [0.717, 1.165) is 6.42 Å². The van der Waals surface area contributed by atoms with Crippen LogP contribution in [0.3, 0.4) is 0 Å². The maximum atomic E-state index is 11.5. The first-order chi connectivity index (χ1) is 10.1. The minimum atomic E-state index is -0.953. The molecule has 0 radical (unpaired) electrons. The van der Waals surface area contributed by atoms with Crippen LogP contribution in [-0.2, 0) is 11.2 Å². The maximum Gasteiger partial charge on any atom is 0.335 e. The highest BCUT2D eigenvalue weighted by molar-refractivity contribution is 5.89. The molecule has 2 amide bonds. The number of nitrogens with one attached hydrogen (secondary N) is 2. The smallest absolute Gasteiger partial charge is 0.335 e. The monoisotopic (exact) mass is 294 g/mol. The molecule has 0 saturated carbocycles. The lowest BCUT2D eigenvalue weighted by molar-refractivity contribution is 0.0695. The molecule has 0 aliphatic rings. The summed E-state index contributed by atoms with van der Waals surface area (Å²) >= 11 is 0. The lowest BCUT2D eigenvalue weighted by Crippen LogP contribution is -2.37. The number of carbonyl (C=O) groups is 2. The average molecular weight is 294 g/mol. The zero-order chi connectivity index (χ0) is 15.5. The number of aromatic carboxylic acids is 1. The van der Waals surface area contributed by atoms with E-state index in [2.05, 4.69) is 10.6 Å². The number of carbonyl (C=O) groups excluding carboxylic acids is 1. The number of ether oxygens (including phenoxy) is 1. The fourth-order valence-electron chi connectivity index (χ4n) is 1.84. The number of carboxylic acid groups (broad SMARTS) is 1. The maximum absolute atomic E-state index is 11.5. The van der Waals surface area contributed by atoms with E-state index in [1.54, 1.807) is 24.3 Å². The van der Waals surface area contributed by atoms with Crippen molar-refractivity contribution < 1.29 is 19.4 Å². The van der Waals surface area contributed by atoms with Crippen molar-refractivity contribution in [3.63, 3.8) is 0 Å². The Balaban J connectivity index is 2.24. The van der Waals surface area contributed by atoms with E-state index in [1.807, 2.05) is 6.92 Å². The van der Waals surface area contributed by atoms with Crippen LogP contribution in [0.4, 0.5) is 4.79 Å². The molecule has 0 heterocycles. The van der Waals surface area contributed by atoms with E-state index in [4.69, 9.17) is 9.84 Å². The molecule has 0 spiro atoms. The predicted octanol–water partition coefficient (Wildman–Crippen LogP) is 1.65. The van der Waals surface area contributed by atoms with E-state index in [0.29, 0.717) is 38.3 Å². The van der Waals surface area contributed by atoms with Gasteiger partial charge in [-0.25, -0.2) is 9.59 Å². The third-order valence-corrected chi connectivity index (χ3v) is 2.88. The van der Waals surface area contributed by atoms with Crippen LogP contribution >= 0.6 is 0 Å². The van der Waals surface area contributed by atoms with Gasteiger partial charge in [-0.05, 0) is 31.4 Å². The highest BCUT2D eigenvalue weighted by Gasteiger charge is 2.08. The number of carboxylic acids is 1. The molecule has 0 aliphatic heterocycles. The summed E-state index contributed by atoms with van der Waals surface area (Å²) in [4.78, 5) is 22.5. The Morgan fingerprint density at radius 2 is 1.90 bits per heavy atom. The standard InChI is InChI=1S/C15H22N2O4/c1-2-21-11-5-9-16-15(20)17-10-8-12-6-3-4-7-13(12)14(18)19/h3-4,6-7H,2,5,8-11H2,1H3,(H,18,19)(H2,16,17,20). The van der Waals surface area contributed by atoms with Gasteiger partial charge in [0, 0.05) is 26.3 Å². The molecule has 0 bridgehead atoms. The first kappa shape index (κ1) is 17.0. The molecule has 0 aliphatic carbocycles. The van der Waals surface area contributed by atoms with Crippen LogP contribution in [0.5, 0.6) is 0 Å². The Bertz CT molecular complexity index is 463. The van der Waals surface area contributed by atoms with Gasteiger partial charge in [0.25, 0.3) is 0 Å². The third-order valence-electron chi connectivity index (χ3n) is 2.88. The lowest BCUT2D eigenvalue weighted by Gasteiger charge is -2.09. The predicted molar refractivity (Wildman–Crippen MR) is 79.6 cm³/mol. The van der Waals surface area contributed by atoms with Gasteiger partial charge in [0.05, 0.1) is 5.56 Å². The molecule has 0 fully saturated rings. The number of benzene rings is 1. The second-order valence-electron chi connectivity index (χ2n) is 4.45. The molecular formula is C15H22N2O4. The van der Waals surface area contributed by atoms with Gasteiger partial charge in [0.2, 0.25) is 0 Å². The van der Waals surface area contributed by atoms with Gasteiger partial charge in [-0.2, -0.15) is 0 Å². The Morgan fingerprint density at radius 1 is 1.19 bits per heavy atom. The molecule has 0 unspecified atom stereocenters. The van der Waals surface area contributed by atoms with Crippen LogP contribution in [0.1, 0.15) is 29.3 Å². The van der Waals surface area contributed by atoms with Crippen molar-refractivity contribution in [3.8, 4) is 0 Å². The summed E-state index contributed by atoms with van der Waals surface area (Å²) in [5, 5.41) is 14.5. The number of amides is 2. The quantitative estimate of drug-likeness (QED) is 0.604. The van der Waals surface area contributed by atoms with Crippen LogP contribution in [-0.4, -0.2) is 43.4 Å². The van der Waals surface area contributed by atoms with Crippen LogP contribution < -0.4 is 10.6 Å². The van der Waals surface area contributed by atoms with E-state index >= 15 is 0 Å². The van der Waals surface area contributed by atoms with E-state index in [1.165, 1.54) is 0 Å². The van der Waals surface area contributed by atoms with Crippen molar-refractivity contribution in [1.29, 1.82) is 0 Å². The fraction of sp³-hybridized carbons (Fsp3) is 0.467. The van der Waals surface area contributed by atoms with Gasteiger partial charge >= 0.3 is 12.0 Å². The summed E-state index contributed by atoms with van der Waals surface area (Å²) in [6.07, 6.45) is 1.25. The zero-order valence-electron chi connectivity index (χ0n) is 12.2. The lowest BCUT2D eigenvalue weighted by atomic mass is 10.0. The average Bonchev–Trinajstić information content (AvgIpc) is 2.47. The number of hydrogen-bond acceptors (Lipinski definition) is 3. The highest BCUT2D eigenvalue weighted by atomic mass is 16.5. The second-order valence-corrected chi connectivity index (χ2v) is 4.45. The van der Waals surface area contributed by atoms with Gasteiger partial charge in [-0.15, -0.1) is 0 Å². The first-order valence-corrected chi connectivity index (χ1v) is 7.05. The normalized spacial score (nSPS) is 10.1. The van der Waals surface area contributed by atoms with E-state index in [9.17, 15) is 9.59 Å². The van der Waals surface area contributed by atoms with Crippen molar-refractivity contribution in [2.75, 3.05) is 26.3 Å². The van der Waals surface area contributed by atoms with Crippen molar-refractivity contribution in [2.24, 2.45) is 0 Å². The summed E-state index contributed by atoms with van der Waals surface area (Å²) in [5.41, 5.74) is 0.984. The van der Waals surface area contributed by atoms with E-state index in [-0.39, 0.29) is 11.6 Å². The molecule has 0 atom stereocenters. The molecular weight excluding hydrogens is 272 g/mol. The molecule has 6 nitrogen and oxygen atoms in total. The summed E-state index contributed by atoms with van der Waals surface area (Å²) < 4.78 is 5.16. The largest absolute Gasteiger partial charge is 0.478 e. The number of urea groups is 1. The summed E-state index contributed by atoms with van der Waals surface area (Å²) in [6.45, 7) is 4.17. The Morgan fingerprint density at radius 3 is 2.62 bits per heavy atom. The molecule has 21 heavy (non-hydrogen) atoms. The van der Waals surface area contributed by atoms with Crippen LogP contribution in [0.15, 0.2) is 24.3 Å². The van der Waals surface area contributed by atoms with Crippen molar-refractivity contribution >= 4 is 12.0 Å². The summed E-state index contributed by atoms with van der Waals surface area (Å²) in [7, 11) is 0. The van der Waals surface area contributed by atoms with Crippen molar-refractivity contribution in [2.45, 2.75) is 19.8 Å². The molecule has 1 aromatic carbocycles. The first-order valence-electron chi connectivity index (χ1n) is 7.05. The SMILES string of the molecule is CCOCCCNC(=O)NCCc1ccccc1C(=O)O. The molecule has 6 heteroatoms. The van der Waals surface area contributed by atoms with E-state index < -0.39 is 5.97 Å². The summed E-state index contributed by atoms with van der Waals surface area (Å²) in [5.74, 6) is -0.953. The highest BCUT2D eigenvalue weighted by Crippen LogP contribution is 2.08. The molecule has 1 rings (SSSR count). The minimum absolute atomic E-state index is 0.251. The molecule has 0 aromatic heterocycles. The minimum Gasteiger partial charge on any atom is -0.478 e. The molecule has 1 aromatic rings. The topological polar surface area (TPSA) is 87.7 Å². The second kappa shape index (κ2) is 9.77. The van der Waals surface area contributed by atoms with Crippen LogP contribution in [0.25, 0.3) is 0 Å². The number of hydrogen-bond donors (Lipinski definition) is 3. The third kappa shape index (κ3) is 6.76. The molecule has 116 valence electrons.